The van der Waals surface area contributed by atoms with Gasteiger partial charge in [0.1, 0.15) is 16.9 Å². The van der Waals surface area contributed by atoms with Crippen molar-refractivity contribution in [2.24, 2.45) is 5.92 Å². The minimum Gasteiger partial charge on any atom is -0.462 e. The minimum absolute atomic E-state index is 0.192. The van der Waals surface area contributed by atoms with Gasteiger partial charge in [-0.05, 0) is 36.3 Å². The van der Waals surface area contributed by atoms with Crippen LogP contribution in [0.5, 0.6) is 0 Å². The molecule has 0 radical (unpaired) electrons. The fourth-order valence-corrected chi connectivity index (χ4v) is 3.46. The summed E-state index contributed by atoms with van der Waals surface area (Å²) < 4.78 is 32.6. The minimum atomic E-state index is -2.82. The molecule has 1 aliphatic carbocycles. The molecule has 0 aliphatic heterocycles. The van der Waals surface area contributed by atoms with Gasteiger partial charge in [-0.15, -0.1) is 11.6 Å². The first-order valence-electron chi connectivity index (χ1n) is 8.59. The van der Waals surface area contributed by atoms with Gasteiger partial charge in [0.05, 0.1) is 18.2 Å². The van der Waals surface area contributed by atoms with Gasteiger partial charge in [0.25, 0.3) is 6.43 Å². The predicted octanol–water partition coefficient (Wildman–Crippen LogP) is 4.08. The number of pyridine rings is 1. The summed E-state index contributed by atoms with van der Waals surface area (Å²) in [6.45, 7) is 0.192. The maximum Gasteiger partial charge on any atom is 0.341 e. The Morgan fingerprint density at radius 2 is 2.26 bits per heavy atom. The topological polar surface area (TPSA) is 72.3 Å². The number of rotatable bonds is 7. The van der Waals surface area contributed by atoms with Gasteiger partial charge in [0, 0.05) is 18.6 Å². The van der Waals surface area contributed by atoms with Gasteiger partial charge < -0.3 is 9.14 Å². The second-order valence-electron chi connectivity index (χ2n) is 6.61. The molecule has 3 aromatic heterocycles. The van der Waals surface area contributed by atoms with E-state index in [9.17, 15) is 13.6 Å². The highest BCUT2D eigenvalue weighted by Crippen LogP contribution is 2.49. The van der Waals surface area contributed by atoms with E-state index in [1.165, 1.54) is 5.56 Å². The highest BCUT2D eigenvalue weighted by atomic mass is 35.5. The number of nitrogens with zero attached hydrogens (tertiary/aromatic N) is 3. The van der Waals surface area contributed by atoms with Crippen LogP contribution in [0.1, 0.15) is 52.5 Å². The first-order chi connectivity index (χ1) is 13.1. The number of carbonyl (C=O) groups is 1. The molecule has 1 N–H and O–H groups in total. The number of imidazole rings is 1. The van der Waals surface area contributed by atoms with E-state index in [-0.39, 0.29) is 12.2 Å². The lowest BCUT2D eigenvalue weighted by atomic mass is 10.1. The Balaban J connectivity index is 1.31. The largest absolute Gasteiger partial charge is 0.462 e. The van der Waals surface area contributed by atoms with E-state index in [2.05, 4.69) is 27.4 Å². The summed E-state index contributed by atoms with van der Waals surface area (Å²) in [7, 11) is 0. The molecule has 1 saturated carbocycles. The zero-order valence-corrected chi connectivity index (χ0v) is 15.0. The molecule has 0 spiro atoms. The molecular weight excluding hydrogens is 378 g/mol. The summed E-state index contributed by atoms with van der Waals surface area (Å²) in [5.74, 6) is 0.411. The zero-order chi connectivity index (χ0) is 19.0. The van der Waals surface area contributed by atoms with Crippen LogP contribution in [-0.4, -0.2) is 32.2 Å². The lowest BCUT2D eigenvalue weighted by Gasteiger charge is -2.05. The molecule has 0 amide bonds. The van der Waals surface area contributed by atoms with Crippen molar-refractivity contribution in [3.8, 4) is 0 Å². The molecule has 2 unspecified atom stereocenters. The van der Waals surface area contributed by atoms with Gasteiger partial charge in [-0.2, -0.15) is 5.10 Å². The van der Waals surface area contributed by atoms with Crippen LogP contribution in [0.4, 0.5) is 8.78 Å². The lowest BCUT2D eigenvalue weighted by molar-refractivity contribution is 0.0483. The summed E-state index contributed by atoms with van der Waals surface area (Å²) >= 11 is 5.82. The van der Waals surface area contributed by atoms with Crippen molar-refractivity contribution in [1.29, 1.82) is 0 Å². The van der Waals surface area contributed by atoms with Crippen molar-refractivity contribution in [3.05, 3.63) is 53.2 Å². The molecule has 4 rings (SSSR count). The maximum atomic E-state index is 12.8. The van der Waals surface area contributed by atoms with Crippen LogP contribution in [-0.2, 0) is 10.6 Å². The first-order valence-corrected chi connectivity index (χ1v) is 9.12. The molecule has 27 heavy (non-hydrogen) atoms. The Labute approximate surface area is 158 Å². The monoisotopic (exact) mass is 394 g/mol. The number of H-pyrrole nitrogens is 1. The maximum absolute atomic E-state index is 12.8. The molecular formula is C18H17ClF2N4O2. The van der Waals surface area contributed by atoms with Gasteiger partial charge in [0.15, 0.2) is 0 Å². The van der Waals surface area contributed by atoms with Crippen molar-refractivity contribution in [2.45, 2.75) is 31.1 Å². The number of hydrogen-bond acceptors (Lipinski definition) is 4. The molecule has 0 saturated heterocycles. The van der Waals surface area contributed by atoms with Gasteiger partial charge in [-0.1, -0.05) is 6.07 Å². The van der Waals surface area contributed by atoms with Gasteiger partial charge >= 0.3 is 5.97 Å². The van der Waals surface area contributed by atoms with Crippen LogP contribution in [0.25, 0.3) is 5.65 Å². The molecule has 142 valence electrons. The number of carbonyl (C=O) groups excluding carboxylic acids is 1. The van der Waals surface area contributed by atoms with Gasteiger partial charge in [-0.3, -0.25) is 5.10 Å². The third kappa shape index (κ3) is 3.66. The normalized spacial score (nSPS) is 19.0. The van der Waals surface area contributed by atoms with Crippen molar-refractivity contribution in [2.75, 3.05) is 6.61 Å². The quantitative estimate of drug-likeness (QED) is 0.484. The molecule has 1 fully saturated rings. The first kappa shape index (κ1) is 17.9. The number of nitrogens with one attached hydrogen (secondary N) is 1. The standard InChI is InChI=1S/C18H17ClF2N4O2/c19-6-12-9-25-8-11(1-2-15(25)23-12)13-5-10(13)3-4-27-18(26)14-7-22-24-16(14)17(20)21/h1-2,7-10,13,17H,3-6H2,(H,22,24). The molecule has 6 nitrogen and oxygen atoms in total. The summed E-state index contributed by atoms with van der Waals surface area (Å²) in [5.41, 5.74) is 2.10. The van der Waals surface area contributed by atoms with Crippen molar-refractivity contribution >= 4 is 23.2 Å². The van der Waals surface area contributed by atoms with E-state index in [1.54, 1.807) is 0 Å². The number of halogens is 3. The van der Waals surface area contributed by atoms with E-state index >= 15 is 0 Å². The number of hydrogen-bond donors (Lipinski definition) is 1. The van der Waals surface area contributed by atoms with Crippen LogP contribution >= 0.6 is 11.6 Å². The molecule has 1 aliphatic rings. The molecule has 3 aromatic rings. The number of alkyl halides is 3. The summed E-state index contributed by atoms with van der Waals surface area (Å²) in [5, 5.41) is 5.66. The molecule has 3 heterocycles. The molecule has 2 atom stereocenters. The van der Waals surface area contributed by atoms with E-state index in [0.29, 0.717) is 24.1 Å². The van der Waals surface area contributed by atoms with Crippen molar-refractivity contribution in [1.82, 2.24) is 19.6 Å². The lowest BCUT2D eigenvalue weighted by Crippen LogP contribution is -2.09. The number of aromatic amines is 1. The highest BCUT2D eigenvalue weighted by Gasteiger charge is 2.38. The smallest absolute Gasteiger partial charge is 0.341 e. The molecule has 9 heteroatoms. The Morgan fingerprint density at radius 1 is 1.41 bits per heavy atom. The number of aromatic nitrogens is 4. The zero-order valence-electron chi connectivity index (χ0n) is 14.2. The third-order valence-electron chi connectivity index (χ3n) is 4.83. The fourth-order valence-electron chi connectivity index (χ4n) is 3.33. The van der Waals surface area contributed by atoms with Crippen LogP contribution in [0.3, 0.4) is 0 Å². The van der Waals surface area contributed by atoms with Crippen LogP contribution in [0.2, 0.25) is 0 Å². The second kappa shape index (κ2) is 7.26. The average molecular weight is 395 g/mol. The van der Waals surface area contributed by atoms with E-state index in [1.807, 2.05) is 16.7 Å². The number of ether oxygens (including phenoxy) is 1. The SMILES string of the molecule is O=C(OCCC1CC1c1ccc2nc(CCl)cn2c1)c1c[nH]nc1C(F)F. The van der Waals surface area contributed by atoms with Crippen molar-refractivity contribution in [3.63, 3.8) is 0 Å². The van der Waals surface area contributed by atoms with Gasteiger partial charge in [-0.25, -0.2) is 18.6 Å². The van der Waals surface area contributed by atoms with Crippen molar-refractivity contribution < 1.29 is 18.3 Å². The predicted molar refractivity (Wildman–Crippen MR) is 94.0 cm³/mol. The average Bonchev–Trinajstić information content (AvgIpc) is 3.09. The summed E-state index contributed by atoms with van der Waals surface area (Å²) in [6, 6.07) is 4.02. The second-order valence-corrected chi connectivity index (χ2v) is 6.87. The summed E-state index contributed by atoms with van der Waals surface area (Å²) in [4.78, 5) is 16.3. The van der Waals surface area contributed by atoms with E-state index < -0.39 is 18.1 Å². The van der Waals surface area contributed by atoms with Gasteiger partial charge in [0.2, 0.25) is 0 Å². The number of fused-ring (bicyclic) bond motifs is 1. The van der Waals surface area contributed by atoms with Crippen LogP contribution in [0.15, 0.2) is 30.7 Å². The summed E-state index contributed by atoms with van der Waals surface area (Å²) in [6.07, 6.45) is 3.98. The van der Waals surface area contributed by atoms with Crippen LogP contribution < -0.4 is 0 Å². The Morgan fingerprint density at radius 3 is 3.04 bits per heavy atom. The van der Waals surface area contributed by atoms with Crippen LogP contribution in [0, 0.1) is 5.92 Å². The highest BCUT2D eigenvalue weighted by molar-refractivity contribution is 6.16. The fraction of sp³-hybridized carbons (Fsp3) is 0.389. The third-order valence-corrected chi connectivity index (χ3v) is 5.10. The Bertz CT molecular complexity index is 971. The molecule has 0 bridgehead atoms. The Hall–Kier alpha value is -2.48. The van der Waals surface area contributed by atoms with E-state index in [0.717, 1.165) is 24.0 Å². The Kier molecular flexibility index (Phi) is 4.82. The number of esters is 1. The molecule has 0 aromatic carbocycles. The van der Waals surface area contributed by atoms with E-state index in [4.69, 9.17) is 16.3 Å².